The maximum atomic E-state index is 12.5. The Bertz CT molecular complexity index is 799. The lowest BCUT2D eigenvalue weighted by molar-refractivity contribution is -0.126. The van der Waals surface area contributed by atoms with E-state index in [0.29, 0.717) is 31.3 Å². The van der Waals surface area contributed by atoms with Gasteiger partial charge in [-0.05, 0) is 56.4 Å². The van der Waals surface area contributed by atoms with Gasteiger partial charge in [-0.3, -0.25) is 4.79 Å². The molecule has 0 spiro atoms. The number of anilines is 1. The molecule has 1 saturated carbocycles. The zero-order valence-corrected chi connectivity index (χ0v) is 16.0. The fourth-order valence-electron chi connectivity index (χ4n) is 3.94. The van der Waals surface area contributed by atoms with Crippen LogP contribution in [0.4, 0.5) is 6.01 Å². The van der Waals surface area contributed by atoms with E-state index in [1.54, 1.807) is 7.11 Å². The second kappa shape index (κ2) is 8.18. The highest BCUT2D eigenvalue weighted by Gasteiger charge is 2.30. The van der Waals surface area contributed by atoms with Crippen LogP contribution in [0.1, 0.15) is 32.1 Å². The van der Waals surface area contributed by atoms with E-state index in [2.05, 4.69) is 15.5 Å². The Hall–Kier alpha value is -2.61. The number of ether oxygens (including phenoxy) is 1. The predicted molar refractivity (Wildman–Crippen MR) is 103 cm³/mol. The molecule has 1 amide bonds. The maximum absolute atomic E-state index is 12.5. The van der Waals surface area contributed by atoms with Crippen LogP contribution in [0.3, 0.4) is 0 Å². The van der Waals surface area contributed by atoms with E-state index in [1.165, 1.54) is 0 Å². The Kier molecular flexibility index (Phi) is 5.47. The molecule has 2 atom stereocenters. The van der Waals surface area contributed by atoms with Crippen LogP contribution in [0, 0.1) is 5.92 Å². The lowest BCUT2D eigenvalue weighted by atomic mass is 9.95. The largest absolute Gasteiger partial charge is 0.497 e. The average Bonchev–Trinajstić information content (AvgIpc) is 3.37. The first-order valence-corrected chi connectivity index (χ1v) is 9.84. The van der Waals surface area contributed by atoms with Crippen molar-refractivity contribution in [3.05, 3.63) is 24.3 Å². The molecular formula is C20H26N4O4. The molecule has 1 saturated heterocycles. The van der Waals surface area contributed by atoms with Crippen molar-refractivity contribution >= 4 is 11.9 Å². The quantitative estimate of drug-likeness (QED) is 0.810. The summed E-state index contributed by atoms with van der Waals surface area (Å²) in [5.41, 5.74) is 0.865. The standard InChI is InChI=1S/C20H26N4O4/c1-27-17-6-2-13(3-7-17)18-22-20(28-23-18)24-10-8-14(9-11-24)19(26)21-15-4-5-16(25)12-15/h2-3,6-7,14-16,25H,4-5,8-12H2,1H3,(H,21,26)/t15-,16+/m1/s1. The molecule has 2 aliphatic rings. The predicted octanol–water partition coefficient (Wildman–Crippen LogP) is 1.99. The topological polar surface area (TPSA) is 101 Å². The molecule has 1 aliphatic carbocycles. The first-order chi connectivity index (χ1) is 13.6. The molecule has 1 aromatic heterocycles. The zero-order chi connectivity index (χ0) is 19.5. The van der Waals surface area contributed by atoms with Crippen LogP contribution in [0.5, 0.6) is 5.75 Å². The van der Waals surface area contributed by atoms with Crippen molar-refractivity contribution in [3.8, 4) is 17.1 Å². The van der Waals surface area contributed by atoms with Crippen molar-refractivity contribution in [2.24, 2.45) is 5.92 Å². The van der Waals surface area contributed by atoms with E-state index in [9.17, 15) is 9.90 Å². The molecule has 2 N–H and O–H groups in total. The van der Waals surface area contributed by atoms with Crippen LogP contribution in [0.25, 0.3) is 11.4 Å². The molecule has 8 heteroatoms. The van der Waals surface area contributed by atoms with E-state index in [1.807, 2.05) is 29.2 Å². The maximum Gasteiger partial charge on any atom is 0.324 e. The lowest BCUT2D eigenvalue weighted by Gasteiger charge is -2.30. The van der Waals surface area contributed by atoms with Gasteiger partial charge >= 0.3 is 6.01 Å². The monoisotopic (exact) mass is 386 g/mol. The molecule has 0 bridgehead atoms. The molecule has 1 aliphatic heterocycles. The van der Waals surface area contributed by atoms with Gasteiger partial charge in [-0.25, -0.2) is 0 Å². The fraction of sp³-hybridized carbons (Fsp3) is 0.550. The minimum atomic E-state index is -0.274. The van der Waals surface area contributed by atoms with Gasteiger partial charge in [-0.2, -0.15) is 4.98 Å². The first kappa shape index (κ1) is 18.7. The van der Waals surface area contributed by atoms with E-state index in [0.717, 1.165) is 37.0 Å². The molecular weight excluding hydrogens is 360 g/mol. The van der Waals surface area contributed by atoms with E-state index in [4.69, 9.17) is 9.26 Å². The van der Waals surface area contributed by atoms with Crippen molar-refractivity contribution in [2.45, 2.75) is 44.2 Å². The Morgan fingerprint density at radius 3 is 2.61 bits per heavy atom. The summed E-state index contributed by atoms with van der Waals surface area (Å²) in [5.74, 6) is 1.42. The second-order valence-electron chi connectivity index (χ2n) is 7.56. The summed E-state index contributed by atoms with van der Waals surface area (Å²) in [5, 5.41) is 16.8. The van der Waals surface area contributed by atoms with Crippen LogP contribution in [0.2, 0.25) is 0 Å². The summed E-state index contributed by atoms with van der Waals surface area (Å²) < 4.78 is 10.6. The number of aromatic nitrogens is 2. The molecule has 4 rings (SSSR count). The summed E-state index contributed by atoms with van der Waals surface area (Å²) in [6, 6.07) is 8.11. The van der Waals surface area contributed by atoms with Crippen LogP contribution in [-0.2, 0) is 4.79 Å². The van der Waals surface area contributed by atoms with Crippen molar-refractivity contribution in [2.75, 3.05) is 25.1 Å². The highest BCUT2D eigenvalue weighted by molar-refractivity contribution is 5.79. The van der Waals surface area contributed by atoms with Gasteiger partial charge in [-0.1, -0.05) is 5.16 Å². The molecule has 0 unspecified atom stereocenters. The third-order valence-corrected chi connectivity index (χ3v) is 5.65. The first-order valence-electron chi connectivity index (χ1n) is 9.84. The molecule has 0 radical (unpaired) electrons. The molecule has 2 fully saturated rings. The molecule has 1 aromatic carbocycles. The van der Waals surface area contributed by atoms with Gasteiger partial charge in [0.15, 0.2) is 0 Å². The average molecular weight is 386 g/mol. The van der Waals surface area contributed by atoms with Crippen LogP contribution in [-0.4, -0.2) is 53.5 Å². The van der Waals surface area contributed by atoms with Gasteiger partial charge in [0.05, 0.1) is 13.2 Å². The number of hydrogen-bond acceptors (Lipinski definition) is 7. The lowest BCUT2D eigenvalue weighted by Crippen LogP contribution is -2.43. The Morgan fingerprint density at radius 1 is 1.21 bits per heavy atom. The summed E-state index contributed by atoms with van der Waals surface area (Å²) in [4.78, 5) is 19.0. The van der Waals surface area contributed by atoms with Crippen molar-refractivity contribution in [1.82, 2.24) is 15.5 Å². The van der Waals surface area contributed by atoms with Gasteiger partial charge < -0.3 is 24.6 Å². The van der Waals surface area contributed by atoms with Crippen LogP contribution < -0.4 is 15.0 Å². The normalized spacial score (nSPS) is 23.0. The van der Waals surface area contributed by atoms with E-state index in [-0.39, 0.29) is 24.0 Å². The van der Waals surface area contributed by atoms with Crippen molar-refractivity contribution in [3.63, 3.8) is 0 Å². The molecule has 8 nitrogen and oxygen atoms in total. The van der Waals surface area contributed by atoms with Crippen molar-refractivity contribution in [1.29, 1.82) is 0 Å². The molecule has 2 aromatic rings. The number of rotatable bonds is 5. The van der Waals surface area contributed by atoms with Crippen LogP contribution >= 0.6 is 0 Å². The van der Waals surface area contributed by atoms with Gasteiger partial charge in [0.2, 0.25) is 11.7 Å². The number of hydrogen-bond donors (Lipinski definition) is 2. The van der Waals surface area contributed by atoms with E-state index >= 15 is 0 Å². The number of nitrogens with zero attached hydrogens (tertiary/aromatic N) is 3. The molecule has 150 valence electrons. The fourth-order valence-corrected chi connectivity index (χ4v) is 3.94. The van der Waals surface area contributed by atoms with Gasteiger partial charge in [-0.15, -0.1) is 0 Å². The Balaban J connectivity index is 1.31. The van der Waals surface area contributed by atoms with Gasteiger partial charge in [0, 0.05) is 30.6 Å². The SMILES string of the molecule is COc1ccc(-c2noc(N3CCC(C(=O)N[C@@H]4CC[C@H](O)C4)CC3)n2)cc1. The Labute approximate surface area is 163 Å². The highest BCUT2D eigenvalue weighted by Crippen LogP contribution is 2.26. The zero-order valence-electron chi connectivity index (χ0n) is 16.0. The summed E-state index contributed by atoms with van der Waals surface area (Å²) in [6.45, 7) is 1.41. The highest BCUT2D eigenvalue weighted by atomic mass is 16.5. The van der Waals surface area contributed by atoms with Crippen LogP contribution in [0.15, 0.2) is 28.8 Å². The number of amides is 1. The minimum absolute atomic E-state index is 0.00188. The molecule has 2 heterocycles. The van der Waals surface area contributed by atoms with Gasteiger partial charge in [0.1, 0.15) is 5.75 Å². The number of nitrogens with one attached hydrogen (secondary N) is 1. The second-order valence-corrected chi connectivity index (χ2v) is 7.56. The smallest absolute Gasteiger partial charge is 0.324 e. The third kappa shape index (κ3) is 4.11. The van der Waals surface area contributed by atoms with Crippen molar-refractivity contribution < 1.29 is 19.2 Å². The minimum Gasteiger partial charge on any atom is -0.497 e. The number of benzene rings is 1. The summed E-state index contributed by atoms with van der Waals surface area (Å²) in [7, 11) is 1.63. The number of carbonyl (C=O) groups excluding carboxylic acids is 1. The summed E-state index contributed by atoms with van der Waals surface area (Å²) >= 11 is 0. The number of piperidine rings is 1. The Morgan fingerprint density at radius 2 is 1.96 bits per heavy atom. The summed E-state index contributed by atoms with van der Waals surface area (Å²) in [6.07, 6.45) is 3.53. The number of aliphatic hydroxyl groups is 1. The number of carbonyl (C=O) groups is 1. The molecule has 28 heavy (non-hydrogen) atoms. The third-order valence-electron chi connectivity index (χ3n) is 5.65. The van der Waals surface area contributed by atoms with E-state index < -0.39 is 0 Å². The van der Waals surface area contributed by atoms with Gasteiger partial charge in [0.25, 0.3) is 0 Å². The number of methoxy groups -OCH3 is 1. The number of aliphatic hydroxyl groups excluding tert-OH is 1.